The van der Waals surface area contributed by atoms with Crippen LogP contribution >= 0.6 is 12.4 Å². The minimum Gasteiger partial charge on any atom is -0.494 e. The van der Waals surface area contributed by atoms with Gasteiger partial charge in [0.25, 0.3) is 5.91 Å². The number of methoxy groups -OCH3 is 1. The molecule has 46 heavy (non-hydrogen) atoms. The monoisotopic (exact) mass is 649 g/mol. The van der Waals surface area contributed by atoms with E-state index in [1.54, 1.807) is 6.07 Å². The van der Waals surface area contributed by atoms with Crippen molar-refractivity contribution >= 4 is 35.7 Å². The zero-order valence-corrected chi connectivity index (χ0v) is 28.3. The molecule has 0 spiro atoms. The summed E-state index contributed by atoms with van der Waals surface area (Å²) in [6.45, 7) is 9.06. The minimum atomic E-state index is -0.628. The molecule has 4 N–H and O–H groups in total. The minimum absolute atomic E-state index is 0. The first-order valence-corrected chi connectivity index (χ1v) is 15.2. The molecule has 246 valence electrons. The quantitative estimate of drug-likeness (QED) is 0.202. The van der Waals surface area contributed by atoms with Gasteiger partial charge in [0.2, 0.25) is 0 Å². The molecule has 0 saturated carbocycles. The van der Waals surface area contributed by atoms with Crippen LogP contribution in [-0.2, 0) is 5.41 Å². The highest BCUT2D eigenvalue weighted by Gasteiger charge is 2.30. The largest absolute Gasteiger partial charge is 0.494 e. The Bertz CT molecular complexity index is 1720. The molecule has 0 radical (unpaired) electrons. The molecule has 3 amide bonds. The number of amides is 3. The van der Waals surface area contributed by atoms with Crippen LogP contribution in [0.1, 0.15) is 91.5 Å². The number of carbonyl (C=O) groups excluding carboxylic acids is 2. The first kappa shape index (κ1) is 34.5. The molecule has 2 aromatic carbocycles. The highest BCUT2D eigenvalue weighted by atomic mass is 35.5. The highest BCUT2D eigenvalue weighted by Crippen LogP contribution is 2.40. The predicted octanol–water partition coefficient (Wildman–Crippen LogP) is 6.00. The van der Waals surface area contributed by atoms with Crippen molar-refractivity contribution < 1.29 is 19.1 Å². The van der Waals surface area contributed by atoms with Crippen LogP contribution in [0, 0.1) is 0 Å². The molecule has 12 heteroatoms. The Morgan fingerprint density at radius 2 is 1.80 bits per heavy atom. The lowest BCUT2D eigenvalue weighted by molar-refractivity contribution is 0.0997. The maximum atomic E-state index is 13.4. The molecule has 1 aliphatic carbocycles. The molecule has 1 aliphatic rings. The Balaban J connectivity index is 0.00000480. The maximum Gasteiger partial charge on any atom is 0.319 e. The fourth-order valence-electron chi connectivity index (χ4n) is 5.99. The molecular formula is C34H44ClN7O4. The summed E-state index contributed by atoms with van der Waals surface area (Å²) in [7, 11) is 5.54. The number of pyridine rings is 1. The van der Waals surface area contributed by atoms with Gasteiger partial charge in [-0.1, -0.05) is 52.0 Å². The van der Waals surface area contributed by atoms with Gasteiger partial charge in [0, 0.05) is 12.5 Å². The standard InChI is InChI=1S/C34H43N7O4.ClH/c1-20(18-40(5)6)32-39-38-29-15-12-22(19-41(29)32)45-28-14-13-26(23-10-8-9-11-24(23)28)36-33(43)37-27-17-21(34(2,3)4)16-25(31(35)42)30(27)44-7;/h8-12,15-17,19-20,26,28H,13-14,18H2,1-7H3,(H2,35,42)(H2,36,37,43);1H/t20?,26-,28+;/m0./s1. The number of nitrogens with zero attached hydrogens (tertiary/aromatic N) is 4. The number of nitrogens with one attached hydrogen (secondary N) is 2. The molecular weight excluding hydrogens is 606 g/mol. The molecule has 2 heterocycles. The molecule has 4 aromatic rings. The van der Waals surface area contributed by atoms with Gasteiger partial charge < -0.3 is 30.7 Å². The van der Waals surface area contributed by atoms with E-state index in [0.29, 0.717) is 18.5 Å². The topological polar surface area (TPSA) is 136 Å². The number of primary amides is 1. The molecule has 0 fully saturated rings. The molecule has 0 saturated heterocycles. The molecule has 3 atom stereocenters. The summed E-state index contributed by atoms with van der Waals surface area (Å²) in [5.41, 5.74) is 9.60. The van der Waals surface area contributed by atoms with Crippen molar-refractivity contribution in [3.8, 4) is 11.5 Å². The lowest BCUT2D eigenvalue weighted by Crippen LogP contribution is -2.36. The third-order valence-corrected chi connectivity index (χ3v) is 8.17. The Labute approximate surface area is 276 Å². The first-order chi connectivity index (χ1) is 21.3. The number of urea groups is 1. The average Bonchev–Trinajstić information content (AvgIpc) is 3.40. The van der Waals surface area contributed by atoms with Crippen LogP contribution in [0.2, 0.25) is 0 Å². The van der Waals surface area contributed by atoms with Crippen LogP contribution in [0.3, 0.4) is 0 Å². The van der Waals surface area contributed by atoms with Gasteiger partial charge in [0.1, 0.15) is 17.7 Å². The van der Waals surface area contributed by atoms with Gasteiger partial charge in [-0.3, -0.25) is 9.20 Å². The SMILES string of the molecule is COc1c(NC(=O)N[C@H]2CC[C@@H](Oc3ccc4nnc(C(C)CN(C)C)n4c3)c3ccccc32)cc(C(C)(C)C)cc1C(N)=O.Cl. The summed E-state index contributed by atoms with van der Waals surface area (Å²) in [6, 6.07) is 14.7. The summed E-state index contributed by atoms with van der Waals surface area (Å²) < 4.78 is 14.1. The molecule has 2 aromatic heterocycles. The van der Waals surface area contributed by atoms with Gasteiger partial charge in [0.05, 0.1) is 30.6 Å². The fraction of sp³-hybridized carbons (Fsp3) is 0.412. The number of benzene rings is 2. The zero-order chi connectivity index (χ0) is 32.5. The van der Waals surface area contributed by atoms with Crippen LogP contribution in [0.5, 0.6) is 11.5 Å². The van der Waals surface area contributed by atoms with Crippen molar-refractivity contribution in [3.05, 3.63) is 82.8 Å². The van der Waals surface area contributed by atoms with Crippen LogP contribution in [0.4, 0.5) is 10.5 Å². The van der Waals surface area contributed by atoms with E-state index in [1.165, 1.54) is 7.11 Å². The Hall–Kier alpha value is -4.35. The number of halogens is 1. The van der Waals surface area contributed by atoms with Crippen molar-refractivity contribution in [1.29, 1.82) is 0 Å². The van der Waals surface area contributed by atoms with Gasteiger partial charge in [-0.15, -0.1) is 22.6 Å². The summed E-state index contributed by atoms with van der Waals surface area (Å²) in [5, 5.41) is 14.8. The smallest absolute Gasteiger partial charge is 0.319 e. The van der Waals surface area contributed by atoms with Crippen LogP contribution in [0.15, 0.2) is 54.7 Å². The summed E-state index contributed by atoms with van der Waals surface area (Å²) in [6.07, 6.45) is 3.12. The Kier molecular flexibility index (Phi) is 10.5. The lowest BCUT2D eigenvalue weighted by atomic mass is 9.85. The van der Waals surface area contributed by atoms with E-state index in [9.17, 15) is 9.59 Å². The molecule has 11 nitrogen and oxygen atoms in total. The van der Waals surface area contributed by atoms with Crippen LogP contribution in [-0.4, -0.2) is 59.2 Å². The van der Waals surface area contributed by atoms with Crippen molar-refractivity contribution in [2.45, 2.75) is 64.0 Å². The summed E-state index contributed by atoms with van der Waals surface area (Å²) in [5.74, 6) is 1.40. The van der Waals surface area contributed by atoms with Crippen LogP contribution < -0.4 is 25.8 Å². The van der Waals surface area contributed by atoms with Gasteiger partial charge in [-0.05, 0) is 73.3 Å². The summed E-state index contributed by atoms with van der Waals surface area (Å²) >= 11 is 0. The number of carbonyl (C=O) groups is 2. The van der Waals surface area contributed by atoms with Gasteiger partial charge in [-0.25, -0.2) is 4.79 Å². The molecule has 0 bridgehead atoms. The zero-order valence-electron chi connectivity index (χ0n) is 27.5. The van der Waals surface area contributed by atoms with E-state index >= 15 is 0 Å². The third-order valence-electron chi connectivity index (χ3n) is 8.17. The van der Waals surface area contributed by atoms with Crippen molar-refractivity contribution in [2.75, 3.05) is 33.1 Å². The maximum absolute atomic E-state index is 13.4. The fourth-order valence-corrected chi connectivity index (χ4v) is 5.99. The van der Waals surface area contributed by atoms with Crippen molar-refractivity contribution in [3.63, 3.8) is 0 Å². The van der Waals surface area contributed by atoms with Gasteiger partial charge in [-0.2, -0.15) is 0 Å². The number of anilines is 1. The normalized spacial score (nSPS) is 16.7. The number of rotatable bonds is 9. The molecule has 0 aliphatic heterocycles. The van der Waals surface area contributed by atoms with Crippen molar-refractivity contribution in [1.82, 2.24) is 24.8 Å². The second kappa shape index (κ2) is 14.0. The number of fused-ring (bicyclic) bond motifs is 2. The first-order valence-electron chi connectivity index (χ1n) is 15.2. The van der Waals surface area contributed by atoms with Gasteiger partial charge >= 0.3 is 6.03 Å². The summed E-state index contributed by atoms with van der Waals surface area (Å²) in [4.78, 5) is 27.8. The number of nitrogens with two attached hydrogens (primary N) is 1. The van der Waals surface area contributed by atoms with E-state index in [-0.39, 0.29) is 47.2 Å². The van der Waals surface area contributed by atoms with E-state index < -0.39 is 11.9 Å². The second-order valence-corrected chi connectivity index (χ2v) is 13.0. The average molecular weight is 650 g/mol. The highest BCUT2D eigenvalue weighted by molar-refractivity contribution is 6.00. The van der Waals surface area contributed by atoms with E-state index in [1.807, 2.05) is 87.9 Å². The number of hydrogen-bond donors (Lipinski definition) is 3. The second-order valence-electron chi connectivity index (χ2n) is 13.0. The predicted molar refractivity (Wildman–Crippen MR) is 181 cm³/mol. The number of aromatic nitrogens is 3. The number of likely N-dealkylation sites (N-methyl/N-ethyl adjacent to an activating group) is 1. The van der Waals surface area contributed by atoms with E-state index in [4.69, 9.17) is 15.2 Å². The third kappa shape index (κ3) is 7.37. The Morgan fingerprint density at radius 3 is 2.46 bits per heavy atom. The number of ether oxygens (including phenoxy) is 2. The molecule has 5 rings (SSSR count). The Morgan fingerprint density at radius 1 is 1.09 bits per heavy atom. The van der Waals surface area contributed by atoms with E-state index in [2.05, 4.69) is 32.7 Å². The van der Waals surface area contributed by atoms with Crippen LogP contribution in [0.25, 0.3) is 5.65 Å². The van der Waals surface area contributed by atoms with E-state index in [0.717, 1.165) is 40.5 Å². The number of hydrogen-bond acceptors (Lipinski definition) is 7. The van der Waals surface area contributed by atoms with Crippen molar-refractivity contribution in [2.24, 2.45) is 5.73 Å². The molecule has 1 unspecified atom stereocenters. The lowest BCUT2D eigenvalue weighted by Gasteiger charge is -2.32. The van der Waals surface area contributed by atoms with Gasteiger partial charge in [0.15, 0.2) is 11.4 Å².